The maximum Gasteiger partial charge on any atom is 0.0947 e. The Kier molecular flexibility index (Phi) is 8.27. The summed E-state index contributed by atoms with van der Waals surface area (Å²) < 4.78 is 10.9. The molecule has 3 aliphatic rings. The van der Waals surface area contributed by atoms with Gasteiger partial charge in [0.1, 0.15) is 0 Å². The highest BCUT2D eigenvalue weighted by atomic mass is 16.5. The first-order chi connectivity index (χ1) is 17.6. The van der Waals surface area contributed by atoms with Crippen LogP contribution in [0.15, 0.2) is 41.2 Å². The van der Waals surface area contributed by atoms with Gasteiger partial charge in [0.25, 0.3) is 0 Å². The monoisotopic (exact) mass is 493 g/mol. The van der Waals surface area contributed by atoms with Crippen molar-refractivity contribution in [1.82, 2.24) is 4.90 Å². The van der Waals surface area contributed by atoms with E-state index in [1.54, 1.807) is 11.8 Å². The van der Waals surface area contributed by atoms with Crippen molar-refractivity contribution in [2.75, 3.05) is 56.2 Å². The highest BCUT2D eigenvalue weighted by Gasteiger charge is 2.34. The predicted molar refractivity (Wildman–Crippen MR) is 149 cm³/mol. The number of benzene rings is 1. The van der Waals surface area contributed by atoms with Gasteiger partial charge in [0.2, 0.25) is 0 Å². The minimum absolute atomic E-state index is 0.424. The molecule has 1 saturated carbocycles. The summed E-state index contributed by atoms with van der Waals surface area (Å²) in [6, 6.07) is 9.53. The van der Waals surface area contributed by atoms with E-state index in [0.717, 1.165) is 58.7 Å². The number of hydrogen-bond acceptors (Lipinski definition) is 5. The summed E-state index contributed by atoms with van der Waals surface area (Å²) in [6.07, 6.45) is 14.4. The van der Waals surface area contributed by atoms with Gasteiger partial charge in [-0.1, -0.05) is 26.7 Å². The summed E-state index contributed by atoms with van der Waals surface area (Å²) in [5, 5.41) is 0. The Balaban J connectivity index is 1.33. The molecule has 0 atom stereocenters. The first-order valence-electron chi connectivity index (χ1n) is 14.5. The number of hydrogen-bond donors (Lipinski definition) is 0. The number of piperidine rings is 1. The summed E-state index contributed by atoms with van der Waals surface area (Å²) in [6.45, 7) is 12.4. The maximum absolute atomic E-state index is 5.63. The van der Waals surface area contributed by atoms with E-state index in [0.29, 0.717) is 17.4 Å². The Morgan fingerprint density at radius 3 is 2.22 bits per heavy atom. The van der Waals surface area contributed by atoms with E-state index in [1.807, 2.05) is 13.4 Å². The average Bonchev–Trinajstić information content (AvgIpc) is 3.46. The molecule has 1 aliphatic carbocycles. The van der Waals surface area contributed by atoms with Crippen LogP contribution in [0.1, 0.15) is 82.3 Å². The number of rotatable bonds is 8. The molecule has 0 unspecified atom stereocenters. The number of ether oxygens (including phenoxy) is 1. The molecule has 5 nitrogen and oxygen atoms in total. The molecule has 3 heterocycles. The van der Waals surface area contributed by atoms with E-state index < -0.39 is 0 Å². The molecule has 0 spiro atoms. The molecule has 2 saturated heterocycles. The van der Waals surface area contributed by atoms with E-state index in [1.165, 1.54) is 55.5 Å². The lowest BCUT2D eigenvalue weighted by molar-refractivity contribution is 0.0819. The van der Waals surface area contributed by atoms with Crippen LogP contribution >= 0.6 is 0 Å². The number of furan rings is 1. The van der Waals surface area contributed by atoms with Gasteiger partial charge >= 0.3 is 0 Å². The summed E-state index contributed by atoms with van der Waals surface area (Å²) in [7, 11) is 1.86. The molecule has 36 heavy (non-hydrogen) atoms. The van der Waals surface area contributed by atoms with Crippen molar-refractivity contribution >= 4 is 11.4 Å². The van der Waals surface area contributed by atoms with E-state index >= 15 is 0 Å². The minimum Gasteiger partial charge on any atom is -0.472 e. The molecule has 1 aromatic carbocycles. The van der Waals surface area contributed by atoms with E-state index in [9.17, 15) is 0 Å². The second-order valence-corrected chi connectivity index (χ2v) is 11.5. The molecule has 0 bridgehead atoms. The topological polar surface area (TPSA) is 32.1 Å². The summed E-state index contributed by atoms with van der Waals surface area (Å²) in [5.74, 6) is 0.687. The van der Waals surface area contributed by atoms with Gasteiger partial charge in [-0.3, -0.25) is 4.90 Å². The Bertz CT molecular complexity index is 929. The molecule has 198 valence electrons. The van der Waals surface area contributed by atoms with Crippen molar-refractivity contribution in [3.63, 3.8) is 0 Å². The van der Waals surface area contributed by atoms with Crippen molar-refractivity contribution in [2.24, 2.45) is 5.41 Å². The SMILES string of the molecule is CCC1(CC)CCC(c2cc(N3CCC(OC)CC3)ccc2N2CCN(Cc3ccoc3)CC2)CC1. The van der Waals surface area contributed by atoms with E-state index in [4.69, 9.17) is 9.15 Å². The zero-order valence-corrected chi connectivity index (χ0v) is 22.9. The second-order valence-electron chi connectivity index (χ2n) is 11.5. The van der Waals surface area contributed by atoms with Crippen LogP contribution in [0, 0.1) is 5.41 Å². The molecule has 2 aliphatic heterocycles. The number of methoxy groups -OCH3 is 1. The molecule has 2 aromatic rings. The van der Waals surface area contributed by atoms with Crippen molar-refractivity contribution in [1.29, 1.82) is 0 Å². The van der Waals surface area contributed by atoms with E-state index in [2.05, 4.69) is 52.8 Å². The van der Waals surface area contributed by atoms with Crippen LogP contribution in [0.3, 0.4) is 0 Å². The third-order valence-electron chi connectivity index (χ3n) is 9.84. The van der Waals surface area contributed by atoms with Crippen LogP contribution in [0.4, 0.5) is 11.4 Å². The molecule has 1 aromatic heterocycles. The third kappa shape index (κ3) is 5.62. The highest BCUT2D eigenvalue weighted by Crippen LogP contribution is 2.49. The molecule has 0 N–H and O–H groups in total. The lowest BCUT2D eigenvalue weighted by atomic mass is 9.66. The molecular formula is C31H47N3O2. The standard InChI is InChI=1S/C31H47N3O2/c1-4-31(5-2)13-8-26(9-14-31)29-22-27(33-15-10-28(35-3)11-16-33)6-7-30(29)34-19-17-32(18-20-34)23-25-12-21-36-24-25/h6-7,12,21-22,24,26,28H,4-5,8-11,13-20,23H2,1-3H3. The number of anilines is 2. The Labute approximate surface area is 218 Å². The molecule has 5 heteroatoms. The van der Waals surface area contributed by atoms with Crippen molar-refractivity contribution in [2.45, 2.75) is 83.8 Å². The summed E-state index contributed by atoms with van der Waals surface area (Å²) in [5.41, 5.74) is 6.40. The van der Waals surface area contributed by atoms with Crippen molar-refractivity contribution < 1.29 is 9.15 Å². The maximum atomic E-state index is 5.63. The largest absolute Gasteiger partial charge is 0.472 e. The van der Waals surface area contributed by atoms with Gasteiger partial charge in [0.05, 0.1) is 18.6 Å². The average molecular weight is 494 g/mol. The fourth-order valence-electron chi connectivity index (χ4n) is 6.99. The quantitative estimate of drug-likeness (QED) is 0.409. The predicted octanol–water partition coefficient (Wildman–Crippen LogP) is 6.68. The van der Waals surface area contributed by atoms with Crippen LogP contribution in [0.2, 0.25) is 0 Å². The lowest BCUT2D eigenvalue weighted by Gasteiger charge is -2.42. The number of piperazine rings is 1. The fourth-order valence-corrected chi connectivity index (χ4v) is 6.99. The van der Waals surface area contributed by atoms with Crippen LogP contribution in [0.25, 0.3) is 0 Å². The fraction of sp³-hybridized carbons (Fsp3) is 0.677. The zero-order valence-electron chi connectivity index (χ0n) is 22.9. The Morgan fingerprint density at radius 1 is 0.889 bits per heavy atom. The third-order valence-corrected chi connectivity index (χ3v) is 9.84. The first-order valence-corrected chi connectivity index (χ1v) is 14.5. The van der Waals surface area contributed by atoms with Gasteiger partial charge < -0.3 is 19.0 Å². The second kappa shape index (κ2) is 11.6. The van der Waals surface area contributed by atoms with Gasteiger partial charge in [-0.05, 0) is 79.7 Å². The molecule has 5 rings (SSSR count). The smallest absolute Gasteiger partial charge is 0.0947 e. The van der Waals surface area contributed by atoms with E-state index in [-0.39, 0.29) is 0 Å². The molecule has 3 fully saturated rings. The molecule has 0 radical (unpaired) electrons. The summed E-state index contributed by atoms with van der Waals surface area (Å²) in [4.78, 5) is 7.83. The van der Waals surface area contributed by atoms with Crippen molar-refractivity contribution in [3.05, 3.63) is 47.9 Å². The van der Waals surface area contributed by atoms with Gasteiger partial charge in [0.15, 0.2) is 0 Å². The van der Waals surface area contributed by atoms with Crippen LogP contribution in [-0.4, -0.2) is 57.4 Å². The van der Waals surface area contributed by atoms with Crippen LogP contribution in [0.5, 0.6) is 0 Å². The zero-order chi connectivity index (χ0) is 25.0. The molecule has 0 amide bonds. The molecular weight excluding hydrogens is 446 g/mol. The van der Waals surface area contributed by atoms with Gasteiger partial charge in [-0.25, -0.2) is 0 Å². The highest BCUT2D eigenvalue weighted by molar-refractivity contribution is 5.63. The van der Waals surface area contributed by atoms with Gasteiger partial charge in [-0.15, -0.1) is 0 Å². The normalized spacial score (nSPS) is 22.3. The Morgan fingerprint density at radius 2 is 1.61 bits per heavy atom. The Hall–Kier alpha value is -1.98. The lowest BCUT2D eigenvalue weighted by Crippen LogP contribution is -2.46. The van der Waals surface area contributed by atoms with Crippen LogP contribution < -0.4 is 9.80 Å². The van der Waals surface area contributed by atoms with Gasteiger partial charge in [-0.2, -0.15) is 0 Å². The number of nitrogens with zero attached hydrogens (tertiary/aromatic N) is 3. The minimum atomic E-state index is 0.424. The van der Waals surface area contributed by atoms with Crippen LogP contribution in [-0.2, 0) is 11.3 Å². The summed E-state index contributed by atoms with van der Waals surface area (Å²) >= 11 is 0. The van der Waals surface area contributed by atoms with Gasteiger partial charge in [0, 0.05) is 69.9 Å². The van der Waals surface area contributed by atoms with Crippen molar-refractivity contribution in [3.8, 4) is 0 Å². The first kappa shape index (κ1) is 25.7.